The quantitative estimate of drug-likeness (QED) is 0.121. The third-order valence-electron chi connectivity index (χ3n) is 7.81. The number of nitrogens with one attached hydrogen (secondary N) is 4. The van der Waals surface area contributed by atoms with Gasteiger partial charge in [0.1, 0.15) is 42.8 Å². The number of fused-ring (bicyclic) bond motifs is 5. The number of benzene rings is 2. The Morgan fingerprint density at radius 2 is 1.63 bits per heavy atom. The Hall–Kier alpha value is -5.26. The summed E-state index contributed by atoms with van der Waals surface area (Å²) in [5, 5.41) is 11.9. The van der Waals surface area contributed by atoms with Crippen molar-refractivity contribution in [3.63, 3.8) is 0 Å². The van der Waals surface area contributed by atoms with Crippen LogP contribution in [0.1, 0.15) is 49.3 Å². The van der Waals surface area contributed by atoms with Crippen molar-refractivity contribution in [3.8, 4) is 22.6 Å². The molecule has 10 N–H and O–H groups in total. The number of nitrogens with zero attached hydrogens (tertiary/aromatic N) is 2. The van der Waals surface area contributed by atoms with E-state index in [0.717, 1.165) is 0 Å². The Morgan fingerprint density at radius 3 is 2.22 bits per heavy atom. The number of aromatic amines is 1. The van der Waals surface area contributed by atoms with Crippen molar-refractivity contribution in [1.82, 2.24) is 31.0 Å². The van der Waals surface area contributed by atoms with Crippen molar-refractivity contribution >= 4 is 23.6 Å². The van der Waals surface area contributed by atoms with Gasteiger partial charge < -0.3 is 47.5 Å². The molecule has 3 aromatic rings. The van der Waals surface area contributed by atoms with E-state index in [1.54, 1.807) is 30.3 Å². The molecular weight excluding hydrogens is 638 g/mol. The van der Waals surface area contributed by atoms with Crippen molar-refractivity contribution in [3.05, 3.63) is 63.9 Å². The number of ether oxygens (including phenoxy) is 2. The summed E-state index contributed by atoms with van der Waals surface area (Å²) in [6.45, 7) is 3.67. The van der Waals surface area contributed by atoms with E-state index in [1.807, 2.05) is 6.07 Å². The molecule has 4 amide bonds. The molecule has 2 aromatic carbocycles. The Balaban J connectivity index is 1.95. The van der Waals surface area contributed by atoms with Crippen molar-refractivity contribution in [2.24, 2.45) is 17.2 Å². The van der Waals surface area contributed by atoms with Gasteiger partial charge in [0.2, 0.25) is 23.6 Å². The zero-order valence-corrected chi connectivity index (χ0v) is 27.6. The Labute approximate surface area is 282 Å². The predicted molar refractivity (Wildman–Crippen MR) is 177 cm³/mol. The molecule has 4 bridgehead atoms. The minimum Gasteiger partial charge on any atom is -0.492 e. The molecular formula is C32H43N9O8. The number of rotatable bonds is 12. The van der Waals surface area contributed by atoms with Crippen LogP contribution < -0.4 is 48.4 Å². The van der Waals surface area contributed by atoms with E-state index in [9.17, 15) is 24.0 Å². The van der Waals surface area contributed by atoms with Crippen LogP contribution in [0.15, 0.2) is 45.7 Å². The molecule has 4 rings (SSSR count). The van der Waals surface area contributed by atoms with Gasteiger partial charge in [0.05, 0.1) is 6.04 Å². The van der Waals surface area contributed by atoms with E-state index in [0.29, 0.717) is 33.8 Å². The van der Waals surface area contributed by atoms with E-state index in [1.165, 1.54) is 25.8 Å². The molecule has 0 aliphatic carbocycles. The molecule has 0 saturated heterocycles. The highest BCUT2D eigenvalue weighted by Gasteiger charge is 2.35. The second-order valence-electron chi connectivity index (χ2n) is 11.5. The molecule has 49 heavy (non-hydrogen) atoms. The fraction of sp³-hybridized carbons (Fsp3) is 0.438. The number of carbonyl (C=O) groups is 4. The summed E-state index contributed by atoms with van der Waals surface area (Å²) in [4.78, 5) is 69.0. The third kappa shape index (κ3) is 9.01. The maximum Gasteiger partial charge on any atom is 0.438 e. The first-order chi connectivity index (χ1) is 23.5. The predicted octanol–water partition coefficient (Wildman–Crippen LogP) is -1.02. The zero-order chi connectivity index (χ0) is 35.7. The minimum absolute atomic E-state index is 0.0649. The maximum atomic E-state index is 14.1. The van der Waals surface area contributed by atoms with Crippen LogP contribution >= 0.6 is 0 Å². The smallest absolute Gasteiger partial charge is 0.438 e. The highest BCUT2D eigenvalue weighted by atomic mass is 16.5. The van der Waals surface area contributed by atoms with E-state index in [-0.39, 0.29) is 51.5 Å². The molecule has 0 fully saturated rings. The number of hydrogen-bond donors (Lipinski definition) is 7. The number of H-pyrrole nitrogens is 1. The summed E-state index contributed by atoms with van der Waals surface area (Å²) in [5.74, 6) is -2.19. The SMILES string of the molecule is CC(=O)N[C@@H](CCN)C(=O)N(C)[C@@H]1C(=O)N[C@@H](C)C(=O)N[C@H](c2noc(=O)[nH]2)Cc2ccc(OCCN)c(c2)-c2cc1ccc2OCCN. The number of hydrogen-bond acceptors (Lipinski definition) is 12. The molecule has 2 heterocycles. The van der Waals surface area contributed by atoms with E-state index in [2.05, 4.69) is 26.1 Å². The number of aromatic nitrogens is 2. The molecule has 1 aliphatic rings. The number of amides is 4. The van der Waals surface area contributed by atoms with Crippen molar-refractivity contribution in [1.29, 1.82) is 0 Å². The first kappa shape index (κ1) is 36.6. The summed E-state index contributed by atoms with van der Waals surface area (Å²) in [6, 6.07) is 6.07. The first-order valence-corrected chi connectivity index (χ1v) is 15.8. The largest absolute Gasteiger partial charge is 0.492 e. The van der Waals surface area contributed by atoms with E-state index < -0.39 is 53.6 Å². The Kier molecular flexibility index (Phi) is 12.5. The summed E-state index contributed by atoms with van der Waals surface area (Å²) in [7, 11) is 1.43. The Morgan fingerprint density at radius 1 is 0.980 bits per heavy atom. The van der Waals surface area contributed by atoms with Gasteiger partial charge in [-0.3, -0.25) is 28.7 Å². The maximum absolute atomic E-state index is 14.1. The summed E-state index contributed by atoms with van der Waals surface area (Å²) in [5.41, 5.74) is 19.4. The molecule has 0 unspecified atom stereocenters. The van der Waals surface area contributed by atoms with Gasteiger partial charge in [-0.25, -0.2) is 4.79 Å². The van der Waals surface area contributed by atoms with Gasteiger partial charge in [0.25, 0.3) is 0 Å². The van der Waals surface area contributed by atoms with E-state index >= 15 is 0 Å². The number of likely N-dealkylation sites (N-methyl/N-ethyl adjacent to an activating group) is 1. The van der Waals surface area contributed by atoms with Crippen LogP contribution in [0, 0.1) is 0 Å². The number of carbonyl (C=O) groups excluding carboxylic acids is 4. The Bertz CT molecular complexity index is 1710. The van der Waals surface area contributed by atoms with Crippen LogP contribution in [0.5, 0.6) is 11.5 Å². The second kappa shape index (κ2) is 16.7. The molecule has 0 radical (unpaired) electrons. The van der Waals surface area contributed by atoms with Gasteiger partial charge in [0.15, 0.2) is 5.82 Å². The van der Waals surface area contributed by atoms with Crippen LogP contribution in [-0.2, 0) is 25.6 Å². The van der Waals surface area contributed by atoms with Gasteiger partial charge in [-0.2, -0.15) is 0 Å². The fourth-order valence-corrected chi connectivity index (χ4v) is 5.52. The lowest BCUT2D eigenvalue weighted by Crippen LogP contribution is -2.53. The first-order valence-electron chi connectivity index (χ1n) is 15.8. The third-order valence-corrected chi connectivity index (χ3v) is 7.81. The molecule has 1 aromatic heterocycles. The van der Waals surface area contributed by atoms with Crippen LogP contribution in [0.2, 0.25) is 0 Å². The lowest BCUT2D eigenvalue weighted by atomic mass is 9.93. The van der Waals surface area contributed by atoms with Crippen LogP contribution in [0.4, 0.5) is 0 Å². The highest BCUT2D eigenvalue weighted by Crippen LogP contribution is 2.40. The average Bonchev–Trinajstić information content (AvgIpc) is 3.51. The summed E-state index contributed by atoms with van der Waals surface area (Å²) >= 11 is 0. The summed E-state index contributed by atoms with van der Waals surface area (Å²) in [6.07, 6.45) is 0.274. The van der Waals surface area contributed by atoms with Crippen LogP contribution in [-0.4, -0.2) is 90.6 Å². The standard InChI is InChI=1S/C32H43N9O8/c1-17-29(43)38-24(28-39-32(46)49-40-28)15-19-4-6-25(47-12-10-34)21(14-19)22-16-20(5-7-26(22)48-13-11-35)27(30(44)36-17)41(3)31(45)23(8-9-33)37-18(2)42/h4-7,14,16-17,23-24,27H,8-13,15,33-35H2,1-3H3,(H,36,44)(H,37,42)(H,38,43)(H,39,40,46)/t17-,23-,24-,27-/m0/s1. The summed E-state index contributed by atoms with van der Waals surface area (Å²) < 4.78 is 16.8. The molecule has 264 valence electrons. The highest BCUT2D eigenvalue weighted by molar-refractivity contribution is 5.95. The minimum atomic E-state index is -1.29. The van der Waals surface area contributed by atoms with Gasteiger partial charge >= 0.3 is 5.76 Å². The van der Waals surface area contributed by atoms with Crippen molar-refractivity contribution in [2.75, 3.05) is 39.9 Å². The molecule has 17 nitrogen and oxygen atoms in total. The topological polar surface area (TPSA) is 263 Å². The molecule has 17 heteroatoms. The molecule has 0 saturated carbocycles. The van der Waals surface area contributed by atoms with Crippen molar-refractivity contribution in [2.45, 2.75) is 50.9 Å². The molecule has 1 aliphatic heterocycles. The zero-order valence-electron chi connectivity index (χ0n) is 27.6. The second-order valence-corrected chi connectivity index (χ2v) is 11.5. The van der Waals surface area contributed by atoms with Crippen LogP contribution in [0.25, 0.3) is 11.1 Å². The van der Waals surface area contributed by atoms with Gasteiger partial charge in [-0.15, -0.1) is 0 Å². The molecule has 0 spiro atoms. The fourth-order valence-electron chi connectivity index (χ4n) is 5.52. The molecule has 4 atom stereocenters. The number of nitrogens with two attached hydrogens (primary N) is 3. The monoisotopic (exact) mass is 681 g/mol. The lowest BCUT2D eigenvalue weighted by molar-refractivity contribution is -0.142. The van der Waals surface area contributed by atoms with E-state index in [4.69, 9.17) is 31.2 Å². The van der Waals surface area contributed by atoms with Gasteiger partial charge in [-0.05, 0) is 55.3 Å². The van der Waals surface area contributed by atoms with Gasteiger partial charge in [-0.1, -0.05) is 17.3 Å². The van der Waals surface area contributed by atoms with Gasteiger partial charge in [0, 0.05) is 44.6 Å². The lowest BCUT2D eigenvalue weighted by Gasteiger charge is -2.32. The van der Waals surface area contributed by atoms with Crippen LogP contribution in [0.3, 0.4) is 0 Å². The normalized spacial score (nSPS) is 18.4. The van der Waals surface area contributed by atoms with Crippen molar-refractivity contribution < 1.29 is 33.2 Å². The average molecular weight is 682 g/mol.